The molecule has 0 N–H and O–H groups in total. The summed E-state index contributed by atoms with van der Waals surface area (Å²) in [7, 11) is 1.90. The Labute approximate surface area is 124 Å². The van der Waals surface area contributed by atoms with Crippen molar-refractivity contribution < 1.29 is 10.1 Å². The molecule has 1 aliphatic rings. The molecule has 1 aliphatic carbocycles. The Bertz CT molecular complexity index is 577. The van der Waals surface area contributed by atoms with E-state index in [1.54, 1.807) is 6.20 Å². The SMILES string of the molecule is [2H]C([2H])([2H])c1c[n+](C)c(C(C)C)cc1C1([2H])CCC(C)(C)CC1. The van der Waals surface area contributed by atoms with E-state index < -0.39 is 12.7 Å². The molecule has 0 bridgehead atoms. The van der Waals surface area contributed by atoms with Crippen LogP contribution >= 0.6 is 0 Å². The molecule has 2 rings (SSSR count). The molecule has 1 aromatic rings. The summed E-state index contributed by atoms with van der Waals surface area (Å²) in [5, 5.41) is 0. The van der Waals surface area contributed by atoms with Crippen LogP contribution in [0.3, 0.4) is 0 Å². The minimum atomic E-state index is -2.18. The Morgan fingerprint density at radius 2 is 2.00 bits per heavy atom. The summed E-state index contributed by atoms with van der Waals surface area (Å²) in [4.78, 5) is 0. The highest BCUT2D eigenvalue weighted by atomic mass is 14.9. The van der Waals surface area contributed by atoms with Crippen molar-refractivity contribution in [1.82, 2.24) is 0 Å². The van der Waals surface area contributed by atoms with Crippen molar-refractivity contribution in [3.05, 3.63) is 29.1 Å². The molecular formula is C18H30N+. The van der Waals surface area contributed by atoms with Crippen molar-refractivity contribution in [3.8, 4) is 0 Å². The van der Waals surface area contributed by atoms with Crippen LogP contribution in [-0.2, 0) is 7.05 Å². The van der Waals surface area contributed by atoms with Crippen LogP contribution in [0.1, 0.15) is 87.5 Å². The maximum Gasteiger partial charge on any atom is 0.183 e. The van der Waals surface area contributed by atoms with Crippen LogP contribution in [0.2, 0.25) is 0 Å². The van der Waals surface area contributed by atoms with E-state index >= 15 is 0 Å². The largest absolute Gasteiger partial charge is 0.205 e. The first kappa shape index (κ1) is 9.96. The topological polar surface area (TPSA) is 3.88 Å². The van der Waals surface area contributed by atoms with E-state index in [4.69, 9.17) is 5.48 Å². The Balaban J connectivity index is 2.57. The van der Waals surface area contributed by atoms with Crippen molar-refractivity contribution in [3.63, 3.8) is 0 Å². The molecule has 1 nitrogen and oxygen atoms in total. The van der Waals surface area contributed by atoms with Gasteiger partial charge in [-0.05, 0) is 49.4 Å². The van der Waals surface area contributed by atoms with Crippen LogP contribution in [0.5, 0.6) is 0 Å². The Morgan fingerprint density at radius 3 is 2.53 bits per heavy atom. The second kappa shape index (κ2) is 5.26. The van der Waals surface area contributed by atoms with E-state index in [1.807, 2.05) is 17.7 Å². The van der Waals surface area contributed by atoms with E-state index in [0.29, 0.717) is 11.5 Å². The molecule has 0 aliphatic heterocycles. The number of nitrogens with zero attached hydrogens (tertiary/aromatic N) is 1. The standard InChI is InChI=1S/C18H30N/c1-13(2)17-11-16(14(3)12-19(17)6)15-7-9-18(4,5)10-8-15/h11-13,15H,7-10H2,1-6H3/q+1/i3D3,15D. The molecule has 1 aromatic heterocycles. The van der Waals surface area contributed by atoms with Gasteiger partial charge in [-0.1, -0.05) is 27.7 Å². The monoisotopic (exact) mass is 264 g/mol. The van der Waals surface area contributed by atoms with E-state index in [9.17, 15) is 0 Å². The maximum atomic E-state index is 9.01. The molecule has 1 saturated carbocycles. The fourth-order valence-electron chi connectivity index (χ4n) is 3.03. The Kier molecular flexibility index (Phi) is 2.76. The summed E-state index contributed by atoms with van der Waals surface area (Å²) >= 11 is 0. The molecule has 0 saturated heterocycles. The third kappa shape index (κ3) is 3.19. The summed E-state index contributed by atoms with van der Waals surface area (Å²) in [6.07, 6.45) is 5.13. The Hall–Kier alpha value is -0.850. The smallest absolute Gasteiger partial charge is 0.183 e. The highest BCUT2D eigenvalue weighted by molar-refractivity contribution is 5.28. The minimum absolute atomic E-state index is 0.255. The van der Waals surface area contributed by atoms with Crippen molar-refractivity contribution in [1.29, 1.82) is 0 Å². The lowest BCUT2D eigenvalue weighted by atomic mass is 9.71. The molecular weight excluding hydrogens is 230 g/mol. The molecule has 1 fully saturated rings. The third-order valence-electron chi connectivity index (χ3n) is 4.49. The van der Waals surface area contributed by atoms with Crippen LogP contribution in [0, 0.1) is 12.3 Å². The van der Waals surface area contributed by atoms with Gasteiger partial charge in [0.1, 0.15) is 7.05 Å². The number of aromatic nitrogens is 1. The zero-order valence-electron chi connectivity index (χ0n) is 17.0. The summed E-state index contributed by atoms with van der Waals surface area (Å²) in [6.45, 7) is 6.51. The van der Waals surface area contributed by atoms with Gasteiger partial charge in [0.05, 0.1) is 0 Å². The van der Waals surface area contributed by atoms with Gasteiger partial charge in [-0.15, -0.1) is 0 Å². The van der Waals surface area contributed by atoms with E-state index in [-0.39, 0.29) is 5.41 Å². The number of rotatable bonds is 2. The van der Waals surface area contributed by atoms with Gasteiger partial charge in [0, 0.05) is 23.0 Å². The number of hydrogen-bond donors (Lipinski definition) is 0. The maximum absolute atomic E-state index is 9.01. The van der Waals surface area contributed by atoms with Gasteiger partial charge in [0.15, 0.2) is 11.9 Å². The van der Waals surface area contributed by atoms with Gasteiger partial charge in [-0.3, -0.25) is 0 Å². The summed E-state index contributed by atoms with van der Waals surface area (Å²) < 4.78 is 34.6. The quantitative estimate of drug-likeness (QED) is 0.686. The lowest BCUT2D eigenvalue weighted by Crippen LogP contribution is -2.35. The van der Waals surface area contributed by atoms with Crippen LogP contribution in [0.25, 0.3) is 0 Å². The van der Waals surface area contributed by atoms with E-state index in [2.05, 4.69) is 27.7 Å². The minimum Gasteiger partial charge on any atom is -0.205 e. The second-order valence-corrected chi connectivity index (χ2v) is 7.06. The molecule has 1 heteroatoms. The van der Waals surface area contributed by atoms with Crippen molar-refractivity contribution in [2.24, 2.45) is 12.5 Å². The fraction of sp³-hybridized carbons (Fsp3) is 0.722. The zero-order valence-corrected chi connectivity index (χ0v) is 13.0. The predicted octanol–water partition coefficient (Wildman–Crippen LogP) is 4.63. The van der Waals surface area contributed by atoms with E-state index in [0.717, 1.165) is 36.9 Å². The Morgan fingerprint density at radius 1 is 1.37 bits per heavy atom. The normalized spacial score (nSPS) is 25.4. The van der Waals surface area contributed by atoms with Gasteiger partial charge in [-0.25, -0.2) is 4.57 Å². The number of aryl methyl sites for hydroxylation is 2. The highest BCUT2D eigenvalue weighted by Crippen LogP contribution is 2.43. The van der Waals surface area contributed by atoms with Crippen LogP contribution < -0.4 is 4.57 Å². The molecule has 0 amide bonds. The summed E-state index contributed by atoms with van der Waals surface area (Å²) in [5.41, 5.74) is 2.41. The van der Waals surface area contributed by atoms with E-state index in [1.165, 1.54) is 0 Å². The van der Waals surface area contributed by atoms with Crippen molar-refractivity contribution in [2.75, 3.05) is 0 Å². The average Bonchev–Trinajstić information content (AvgIpc) is 2.41. The second-order valence-electron chi connectivity index (χ2n) is 7.06. The first-order chi connectivity index (χ1) is 10.4. The molecule has 1 heterocycles. The predicted molar refractivity (Wildman–Crippen MR) is 81.4 cm³/mol. The summed E-state index contributed by atoms with van der Waals surface area (Å²) in [6, 6.07) is 1.98. The molecule has 106 valence electrons. The van der Waals surface area contributed by atoms with Crippen LogP contribution in [-0.4, -0.2) is 0 Å². The molecule has 0 unspecified atom stereocenters. The first-order valence-electron chi connectivity index (χ1n) is 9.40. The van der Waals surface area contributed by atoms with Gasteiger partial charge in [0.25, 0.3) is 0 Å². The summed E-state index contributed by atoms with van der Waals surface area (Å²) in [5.74, 6) is -0.481. The van der Waals surface area contributed by atoms with Gasteiger partial charge in [-0.2, -0.15) is 0 Å². The van der Waals surface area contributed by atoms with Gasteiger partial charge >= 0.3 is 0 Å². The van der Waals surface area contributed by atoms with Crippen molar-refractivity contribution >= 4 is 0 Å². The number of hydrogen-bond acceptors (Lipinski definition) is 0. The first-order valence-corrected chi connectivity index (χ1v) is 7.40. The third-order valence-corrected chi connectivity index (χ3v) is 4.49. The molecule has 0 spiro atoms. The molecule has 0 atom stereocenters. The molecule has 0 radical (unpaired) electrons. The van der Waals surface area contributed by atoms with Crippen LogP contribution in [0.15, 0.2) is 12.3 Å². The lowest BCUT2D eigenvalue weighted by molar-refractivity contribution is -0.680. The van der Waals surface area contributed by atoms with Crippen LogP contribution in [0.4, 0.5) is 0 Å². The average molecular weight is 264 g/mol. The van der Waals surface area contributed by atoms with Gasteiger partial charge in [0.2, 0.25) is 0 Å². The highest BCUT2D eigenvalue weighted by Gasteiger charge is 2.29. The number of pyridine rings is 1. The van der Waals surface area contributed by atoms with Gasteiger partial charge < -0.3 is 0 Å². The molecule has 19 heavy (non-hydrogen) atoms. The molecule has 0 aromatic carbocycles. The fourth-order valence-corrected chi connectivity index (χ4v) is 3.03. The zero-order chi connectivity index (χ0) is 17.6. The van der Waals surface area contributed by atoms with Crippen molar-refractivity contribution in [2.45, 2.75) is 72.0 Å². The lowest BCUT2D eigenvalue weighted by Gasteiger charge is -2.35.